The summed E-state index contributed by atoms with van der Waals surface area (Å²) < 4.78 is 37.2. The molecule has 0 bridgehead atoms. The fraction of sp³-hybridized carbons (Fsp3) is 0.167. The van der Waals surface area contributed by atoms with Gasteiger partial charge in [-0.15, -0.1) is 0 Å². The number of aromatic nitrogens is 1. The maximum atomic E-state index is 13.1. The van der Waals surface area contributed by atoms with E-state index in [9.17, 15) is 13.2 Å². The lowest BCUT2D eigenvalue weighted by atomic mass is 10.2. The Hall–Kier alpha value is -2.80. The molecule has 0 aliphatic rings. The van der Waals surface area contributed by atoms with Gasteiger partial charge in [0.15, 0.2) is 0 Å². The van der Waals surface area contributed by atoms with Crippen molar-refractivity contribution < 1.29 is 22.7 Å². The van der Waals surface area contributed by atoms with Gasteiger partial charge in [0.1, 0.15) is 5.75 Å². The van der Waals surface area contributed by atoms with Crippen molar-refractivity contribution in [2.75, 3.05) is 14.2 Å². The number of fused-ring (bicyclic) bond motifs is 1. The molecule has 0 unspecified atom stereocenters. The van der Waals surface area contributed by atoms with Gasteiger partial charge in [0, 0.05) is 11.6 Å². The molecule has 25 heavy (non-hydrogen) atoms. The highest BCUT2D eigenvalue weighted by Gasteiger charge is 2.24. The summed E-state index contributed by atoms with van der Waals surface area (Å²) in [5, 5.41) is 0.517. The molecule has 6 nitrogen and oxygen atoms in total. The van der Waals surface area contributed by atoms with Crippen molar-refractivity contribution in [1.29, 1.82) is 0 Å². The van der Waals surface area contributed by atoms with E-state index >= 15 is 0 Å². The number of ether oxygens (including phenoxy) is 2. The normalized spacial score (nSPS) is 11.5. The molecule has 0 saturated carbocycles. The SMILES string of the molecule is COC(=O)c1cn(S(=O)(=O)c2ccc(OC)c(C)c2)c2ccccc12. The van der Waals surface area contributed by atoms with Gasteiger partial charge in [-0.25, -0.2) is 17.2 Å². The van der Waals surface area contributed by atoms with E-state index in [1.54, 1.807) is 43.3 Å². The molecule has 3 rings (SSSR count). The Kier molecular flexibility index (Phi) is 4.26. The molecular formula is C18H17NO5S. The molecule has 0 spiro atoms. The van der Waals surface area contributed by atoms with Crippen molar-refractivity contribution in [3.05, 3.63) is 59.8 Å². The molecule has 3 aromatic rings. The van der Waals surface area contributed by atoms with Crippen LogP contribution < -0.4 is 4.74 Å². The van der Waals surface area contributed by atoms with Gasteiger partial charge in [0.2, 0.25) is 0 Å². The second-order valence-corrected chi connectivity index (χ2v) is 7.30. The minimum atomic E-state index is -3.88. The minimum absolute atomic E-state index is 0.114. The topological polar surface area (TPSA) is 74.6 Å². The molecule has 0 amide bonds. The van der Waals surface area contributed by atoms with E-state index < -0.39 is 16.0 Å². The molecular weight excluding hydrogens is 342 g/mol. The van der Waals surface area contributed by atoms with Gasteiger partial charge in [0.05, 0.1) is 30.2 Å². The first-order valence-corrected chi connectivity index (χ1v) is 8.92. The number of hydrogen-bond donors (Lipinski definition) is 0. The number of aryl methyl sites for hydroxylation is 1. The van der Waals surface area contributed by atoms with Gasteiger partial charge in [-0.3, -0.25) is 0 Å². The summed E-state index contributed by atoms with van der Waals surface area (Å²) in [5.41, 5.74) is 1.32. The fourth-order valence-electron chi connectivity index (χ4n) is 2.75. The van der Waals surface area contributed by atoms with Crippen LogP contribution in [0.2, 0.25) is 0 Å². The molecule has 0 aliphatic heterocycles. The van der Waals surface area contributed by atoms with Crippen LogP contribution in [0.15, 0.2) is 53.6 Å². The van der Waals surface area contributed by atoms with Gasteiger partial charge in [0.25, 0.3) is 10.0 Å². The predicted octanol–water partition coefficient (Wildman–Crippen LogP) is 2.98. The Morgan fingerprint density at radius 1 is 1.08 bits per heavy atom. The Morgan fingerprint density at radius 2 is 1.80 bits per heavy atom. The van der Waals surface area contributed by atoms with Gasteiger partial charge in [-0.2, -0.15) is 0 Å². The van der Waals surface area contributed by atoms with Crippen LogP contribution in [0, 0.1) is 6.92 Å². The molecule has 0 atom stereocenters. The van der Waals surface area contributed by atoms with Gasteiger partial charge < -0.3 is 9.47 Å². The second kappa shape index (κ2) is 6.25. The number of carbonyl (C=O) groups excluding carboxylic acids is 1. The van der Waals surface area contributed by atoms with Crippen LogP contribution in [-0.2, 0) is 14.8 Å². The summed E-state index contributed by atoms with van der Waals surface area (Å²) in [6.07, 6.45) is 1.30. The van der Waals surface area contributed by atoms with Crippen LogP contribution in [0.3, 0.4) is 0 Å². The van der Waals surface area contributed by atoms with Crippen molar-refractivity contribution in [2.24, 2.45) is 0 Å². The first kappa shape index (κ1) is 17.0. The molecule has 0 radical (unpaired) electrons. The number of para-hydroxylation sites is 1. The summed E-state index contributed by atoms with van der Waals surface area (Å²) >= 11 is 0. The zero-order chi connectivity index (χ0) is 18.2. The van der Waals surface area contributed by atoms with Crippen LogP contribution in [0.1, 0.15) is 15.9 Å². The van der Waals surface area contributed by atoms with Gasteiger partial charge in [-0.1, -0.05) is 18.2 Å². The predicted molar refractivity (Wildman–Crippen MR) is 93.6 cm³/mol. The van der Waals surface area contributed by atoms with Crippen LogP contribution in [0.25, 0.3) is 10.9 Å². The quantitative estimate of drug-likeness (QED) is 0.670. The zero-order valence-electron chi connectivity index (χ0n) is 14.0. The maximum absolute atomic E-state index is 13.1. The Balaban J connectivity index is 2.25. The molecule has 1 aromatic heterocycles. The number of methoxy groups -OCH3 is 2. The van der Waals surface area contributed by atoms with Crippen molar-refractivity contribution in [1.82, 2.24) is 3.97 Å². The van der Waals surface area contributed by atoms with Crippen molar-refractivity contribution in [2.45, 2.75) is 11.8 Å². The third-order valence-corrected chi connectivity index (χ3v) is 5.68. The molecule has 0 N–H and O–H groups in total. The van der Waals surface area contributed by atoms with E-state index in [4.69, 9.17) is 9.47 Å². The lowest BCUT2D eigenvalue weighted by molar-refractivity contribution is 0.0603. The van der Waals surface area contributed by atoms with E-state index in [2.05, 4.69) is 0 Å². The summed E-state index contributed by atoms with van der Waals surface area (Å²) in [4.78, 5) is 12.1. The standard InChI is InChI=1S/C18H17NO5S/c1-12-10-13(8-9-17(12)23-2)25(21,22)19-11-15(18(20)24-3)14-6-4-5-7-16(14)19/h4-11H,1-3H3. The van der Waals surface area contributed by atoms with Gasteiger partial charge >= 0.3 is 5.97 Å². The van der Waals surface area contributed by atoms with Crippen molar-refractivity contribution >= 4 is 26.9 Å². The zero-order valence-corrected chi connectivity index (χ0v) is 14.8. The smallest absolute Gasteiger partial charge is 0.340 e. The Labute approximate surface area is 145 Å². The average Bonchev–Trinajstić information content (AvgIpc) is 3.01. The largest absolute Gasteiger partial charge is 0.496 e. The lowest BCUT2D eigenvalue weighted by Gasteiger charge is -2.10. The molecule has 0 saturated heterocycles. The minimum Gasteiger partial charge on any atom is -0.496 e. The highest BCUT2D eigenvalue weighted by atomic mass is 32.2. The maximum Gasteiger partial charge on any atom is 0.340 e. The highest BCUT2D eigenvalue weighted by molar-refractivity contribution is 7.90. The average molecular weight is 359 g/mol. The first-order chi connectivity index (χ1) is 11.9. The van der Waals surface area contributed by atoms with Crippen LogP contribution in [-0.4, -0.2) is 32.6 Å². The fourth-order valence-corrected chi connectivity index (χ4v) is 4.20. The van der Waals surface area contributed by atoms with E-state index in [-0.39, 0.29) is 10.5 Å². The summed E-state index contributed by atoms with van der Waals surface area (Å²) in [5.74, 6) is 0.0163. The molecule has 2 aromatic carbocycles. The Bertz CT molecular complexity index is 1070. The molecule has 130 valence electrons. The molecule has 0 aliphatic carbocycles. The molecule has 0 fully saturated rings. The Morgan fingerprint density at radius 3 is 2.44 bits per heavy atom. The first-order valence-electron chi connectivity index (χ1n) is 7.48. The van der Waals surface area contributed by atoms with E-state index in [0.717, 1.165) is 3.97 Å². The van der Waals surface area contributed by atoms with E-state index in [0.29, 0.717) is 22.2 Å². The van der Waals surface area contributed by atoms with Gasteiger partial charge in [-0.05, 0) is 36.8 Å². The lowest BCUT2D eigenvalue weighted by Crippen LogP contribution is -2.12. The van der Waals surface area contributed by atoms with Crippen LogP contribution >= 0.6 is 0 Å². The third kappa shape index (κ3) is 2.76. The number of hydrogen-bond acceptors (Lipinski definition) is 5. The number of nitrogens with zero attached hydrogens (tertiary/aromatic N) is 1. The number of carbonyl (C=O) groups is 1. The van der Waals surface area contributed by atoms with E-state index in [1.165, 1.54) is 26.5 Å². The third-order valence-electron chi connectivity index (χ3n) is 4.01. The molecule has 7 heteroatoms. The summed E-state index contributed by atoms with van der Waals surface area (Å²) in [6.45, 7) is 1.77. The monoisotopic (exact) mass is 359 g/mol. The van der Waals surface area contributed by atoms with E-state index in [1.807, 2.05) is 0 Å². The summed E-state index contributed by atoms with van der Waals surface area (Å²) in [7, 11) is -1.09. The van der Waals surface area contributed by atoms with Crippen LogP contribution in [0.4, 0.5) is 0 Å². The summed E-state index contributed by atoms with van der Waals surface area (Å²) in [6, 6.07) is 11.4. The number of benzene rings is 2. The van der Waals surface area contributed by atoms with Crippen molar-refractivity contribution in [3.8, 4) is 5.75 Å². The second-order valence-electron chi connectivity index (χ2n) is 5.48. The molecule has 1 heterocycles. The number of esters is 1. The highest BCUT2D eigenvalue weighted by Crippen LogP contribution is 2.28. The number of rotatable bonds is 4. The van der Waals surface area contributed by atoms with Crippen molar-refractivity contribution in [3.63, 3.8) is 0 Å². The van der Waals surface area contributed by atoms with Crippen LogP contribution in [0.5, 0.6) is 5.75 Å².